The normalized spacial score (nSPS) is 23.9. The van der Waals surface area contributed by atoms with Crippen LogP contribution in [0.4, 0.5) is 5.82 Å². The van der Waals surface area contributed by atoms with E-state index in [-0.39, 0.29) is 0 Å². The Morgan fingerprint density at radius 2 is 2.24 bits per heavy atom. The molecule has 1 saturated heterocycles. The summed E-state index contributed by atoms with van der Waals surface area (Å²) in [6.07, 6.45) is 5.46. The highest BCUT2D eigenvalue weighted by Crippen LogP contribution is 2.32. The molecule has 2 aliphatic rings. The highest BCUT2D eigenvalue weighted by atomic mass is 16.5. The van der Waals surface area contributed by atoms with Crippen LogP contribution in [0.2, 0.25) is 0 Å². The molecule has 1 aromatic rings. The monoisotopic (exact) mass is 233 g/mol. The summed E-state index contributed by atoms with van der Waals surface area (Å²) in [5, 5.41) is 0. The Labute approximate surface area is 102 Å². The number of anilines is 1. The maximum atomic E-state index is 5.46. The highest BCUT2D eigenvalue weighted by molar-refractivity contribution is 5.41. The largest absolute Gasteiger partial charge is 0.381 e. The van der Waals surface area contributed by atoms with E-state index in [0.29, 0.717) is 12.0 Å². The maximum absolute atomic E-state index is 5.46. The second kappa shape index (κ2) is 4.61. The molecule has 1 aliphatic carbocycles. The zero-order valence-electron chi connectivity index (χ0n) is 10.3. The third-order valence-electron chi connectivity index (χ3n) is 3.55. The van der Waals surface area contributed by atoms with Crippen LogP contribution in [0.5, 0.6) is 0 Å². The van der Waals surface area contributed by atoms with E-state index in [1.807, 2.05) is 6.92 Å². The maximum Gasteiger partial charge on any atom is 0.132 e. The molecule has 17 heavy (non-hydrogen) atoms. The Morgan fingerprint density at radius 1 is 1.35 bits per heavy atom. The van der Waals surface area contributed by atoms with Crippen LogP contribution in [0.1, 0.15) is 25.0 Å². The van der Waals surface area contributed by atoms with Crippen molar-refractivity contribution in [1.29, 1.82) is 0 Å². The summed E-state index contributed by atoms with van der Waals surface area (Å²) in [5.41, 5.74) is 1.04. The zero-order valence-corrected chi connectivity index (χ0v) is 10.3. The van der Waals surface area contributed by atoms with E-state index in [4.69, 9.17) is 4.74 Å². The minimum absolute atomic E-state index is 0.672. The number of rotatable bonds is 4. The molecule has 0 unspecified atom stereocenters. The van der Waals surface area contributed by atoms with Gasteiger partial charge in [-0.3, -0.25) is 0 Å². The molecule has 0 N–H and O–H groups in total. The molecule has 2 heterocycles. The standard InChI is InChI=1S/C13H19N3O/c1-10-6-13(15-9-14-10)16(12-2-3-12)7-11-4-5-17-8-11/h6,9,11-12H,2-5,7-8H2,1H3/t11-/m0/s1. The number of nitrogens with zero attached hydrogens (tertiary/aromatic N) is 3. The Hall–Kier alpha value is -1.16. The molecule has 1 aliphatic heterocycles. The topological polar surface area (TPSA) is 38.2 Å². The minimum atomic E-state index is 0.672. The van der Waals surface area contributed by atoms with Crippen LogP contribution in [0.3, 0.4) is 0 Å². The van der Waals surface area contributed by atoms with Gasteiger partial charge < -0.3 is 9.64 Å². The van der Waals surface area contributed by atoms with Crippen molar-refractivity contribution in [3.8, 4) is 0 Å². The van der Waals surface area contributed by atoms with Gasteiger partial charge >= 0.3 is 0 Å². The molecule has 1 atom stereocenters. The van der Waals surface area contributed by atoms with Crippen molar-refractivity contribution in [1.82, 2.24) is 9.97 Å². The van der Waals surface area contributed by atoms with Gasteiger partial charge in [-0.2, -0.15) is 0 Å². The van der Waals surface area contributed by atoms with E-state index >= 15 is 0 Å². The van der Waals surface area contributed by atoms with Crippen LogP contribution in [-0.4, -0.2) is 35.8 Å². The summed E-state index contributed by atoms with van der Waals surface area (Å²) >= 11 is 0. The quantitative estimate of drug-likeness (QED) is 0.794. The Bertz CT molecular complexity index is 386. The molecule has 0 spiro atoms. The van der Waals surface area contributed by atoms with E-state index in [1.54, 1.807) is 6.33 Å². The van der Waals surface area contributed by atoms with Gasteiger partial charge in [0.05, 0.1) is 6.61 Å². The van der Waals surface area contributed by atoms with Gasteiger partial charge in [0.15, 0.2) is 0 Å². The Kier molecular flexibility index (Phi) is 2.97. The average Bonchev–Trinajstić information content (AvgIpc) is 3.03. The number of aryl methyl sites for hydroxylation is 1. The molecule has 0 bridgehead atoms. The number of hydrogen-bond acceptors (Lipinski definition) is 4. The van der Waals surface area contributed by atoms with Gasteiger partial charge in [0.1, 0.15) is 12.1 Å². The summed E-state index contributed by atoms with van der Waals surface area (Å²) in [5.74, 6) is 1.76. The Balaban J connectivity index is 1.74. The van der Waals surface area contributed by atoms with Crippen molar-refractivity contribution in [3.63, 3.8) is 0 Å². The summed E-state index contributed by atoms with van der Waals surface area (Å²) < 4.78 is 5.46. The highest BCUT2D eigenvalue weighted by Gasteiger charge is 2.32. The van der Waals surface area contributed by atoms with Crippen molar-refractivity contribution >= 4 is 5.82 Å². The van der Waals surface area contributed by atoms with Gasteiger partial charge in [0.25, 0.3) is 0 Å². The van der Waals surface area contributed by atoms with Crippen LogP contribution in [0.25, 0.3) is 0 Å². The van der Waals surface area contributed by atoms with Crippen molar-refractivity contribution in [3.05, 3.63) is 18.1 Å². The predicted octanol–water partition coefficient (Wildman–Crippen LogP) is 1.79. The van der Waals surface area contributed by atoms with Gasteiger partial charge in [0, 0.05) is 36.9 Å². The molecule has 4 nitrogen and oxygen atoms in total. The lowest BCUT2D eigenvalue weighted by molar-refractivity contribution is 0.186. The molecule has 0 radical (unpaired) electrons. The molecule has 1 saturated carbocycles. The lowest BCUT2D eigenvalue weighted by Crippen LogP contribution is -2.32. The van der Waals surface area contributed by atoms with E-state index < -0.39 is 0 Å². The van der Waals surface area contributed by atoms with Crippen molar-refractivity contribution < 1.29 is 4.74 Å². The van der Waals surface area contributed by atoms with Crippen molar-refractivity contribution in [2.24, 2.45) is 5.92 Å². The summed E-state index contributed by atoms with van der Waals surface area (Å²) in [7, 11) is 0. The third kappa shape index (κ3) is 2.57. The number of ether oxygens (including phenoxy) is 1. The fraction of sp³-hybridized carbons (Fsp3) is 0.692. The first-order chi connectivity index (χ1) is 8.33. The minimum Gasteiger partial charge on any atom is -0.381 e. The molecular formula is C13H19N3O. The molecule has 92 valence electrons. The molecule has 0 aromatic carbocycles. The average molecular weight is 233 g/mol. The molecule has 3 rings (SSSR count). The zero-order chi connectivity index (χ0) is 11.7. The van der Waals surface area contributed by atoms with E-state index in [9.17, 15) is 0 Å². The first kappa shape index (κ1) is 11.0. The van der Waals surface area contributed by atoms with Crippen LogP contribution in [0.15, 0.2) is 12.4 Å². The van der Waals surface area contributed by atoms with Crippen LogP contribution in [0, 0.1) is 12.8 Å². The summed E-state index contributed by atoms with van der Waals surface area (Å²) in [4.78, 5) is 11.0. The van der Waals surface area contributed by atoms with Crippen LogP contribution in [-0.2, 0) is 4.74 Å². The Morgan fingerprint density at radius 3 is 2.88 bits per heavy atom. The van der Waals surface area contributed by atoms with Gasteiger partial charge in [-0.25, -0.2) is 9.97 Å². The molecule has 2 fully saturated rings. The van der Waals surface area contributed by atoms with E-state index in [0.717, 1.165) is 31.3 Å². The fourth-order valence-electron chi connectivity index (χ4n) is 2.42. The summed E-state index contributed by atoms with van der Waals surface area (Å²) in [6.45, 7) is 4.94. The van der Waals surface area contributed by atoms with Crippen LogP contribution >= 0.6 is 0 Å². The first-order valence-corrected chi connectivity index (χ1v) is 6.46. The first-order valence-electron chi connectivity index (χ1n) is 6.46. The second-order valence-electron chi connectivity index (χ2n) is 5.13. The smallest absolute Gasteiger partial charge is 0.132 e. The lowest BCUT2D eigenvalue weighted by Gasteiger charge is -2.26. The van der Waals surface area contributed by atoms with Gasteiger partial charge in [-0.05, 0) is 26.2 Å². The number of aromatic nitrogens is 2. The van der Waals surface area contributed by atoms with Gasteiger partial charge in [0.2, 0.25) is 0 Å². The van der Waals surface area contributed by atoms with Gasteiger partial charge in [-0.15, -0.1) is 0 Å². The van der Waals surface area contributed by atoms with Crippen LogP contribution < -0.4 is 4.90 Å². The number of hydrogen-bond donors (Lipinski definition) is 0. The van der Waals surface area contributed by atoms with Gasteiger partial charge in [-0.1, -0.05) is 0 Å². The second-order valence-corrected chi connectivity index (χ2v) is 5.13. The third-order valence-corrected chi connectivity index (χ3v) is 3.55. The SMILES string of the molecule is Cc1cc(N(C[C@@H]2CCOC2)C2CC2)ncn1. The fourth-order valence-corrected chi connectivity index (χ4v) is 2.42. The van der Waals surface area contributed by atoms with E-state index in [2.05, 4.69) is 20.9 Å². The van der Waals surface area contributed by atoms with Crippen molar-refractivity contribution in [2.75, 3.05) is 24.7 Å². The lowest BCUT2D eigenvalue weighted by atomic mass is 10.1. The summed E-state index contributed by atoms with van der Waals surface area (Å²) in [6, 6.07) is 2.79. The van der Waals surface area contributed by atoms with Crippen molar-refractivity contribution in [2.45, 2.75) is 32.2 Å². The molecule has 4 heteroatoms. The predicted molar refractivity (Wildman–Crippen MR) is 66.1 cm³/mol. The molecular weight excluding hydrogens is 214 g/mol. The van der Waals surface area contributed by atoms with E-state index in [1.165, 1.54) is 19.3 Å². The molecule has 0 amide bonds. The molecule has 1 aromatic heterocycles.